The molecule has 0 aliphatic carbocycles. The van der Waals surface area contributed by atoms with E-state index < -0.39 is 0 Å². The zero-order valence-electron chi connectivity index (χ0n) is 20.4. The van der Waals surface area contributed by atoms with Crippen molar-refractivity contribution < 1.29 is 9.18 Å². The van der Waals surface area contributed by atoms with Crippen LogP contribution in [-0.2, 0) is 12.8 Å². The van der Waals surface area contributed by atoms with Crippen LogP contribution in [0.5, 0.6) is 0 Å². The minimum absolute atomic E-state index is 0.0864. The molecule has 1 aliphatic rings. The zero-order chi connectivity index (χ0) is 24.1. The van der Waals surface area contributed by atoms with Crippen molar-refractivity contribution in [2.75, 3.05) is 31.1 Å². The molecule has 6 heteroatoms. The summed E-state index contributed by atoms with van der Waals surface area (Å²) < 4.78 is 13.4. The van der Waals surface area contributed by atoms with E-state index >= 15 is 0 Å². The summed E-state index contributed by atoms with van der Waals surface area (Å²) in [7, 11) is 0. The number of benzene rings is 2. The van der Waals surface area contributed by atoms with Crippen molar-refractivity contribution in [1.82, 2.24) is 14.9 Å². The number of aromatic nitrogens is 2. The van der Waals surface area contributed by atoms with Crippen LogP contribution in [0.3, 0.4) is 0 Å². The number of carbonyl (C=O) groups excluding carboxylic acids is 1. The van der Waals surface area contributed by atoms with Crippen molar-refractivity contribution in [1.29, 1.82) is 0 Å². The van der Waals surface area contributed by atoms with E-state index in [1.54, 1.807) is 0 Å². The number of rotatable bonds is 7. The van der Waals surface area contributed by atoms with Gasteiger partial charge in [0.1, 0.15) is 17.5 Å². The van der Waals surface area contributed by atoms with Gasteiger partial charge in [-0.3, -0.25) is 4.79 Å². The van der Waals surface area contributed by atoms with Gasteiger partial charge in [-0.05, 0) is 62.1 Å². The Morgan fingerprint density at radius 3 is 2.21 bits per heavy atom. The molecule has 0 N–H and O–H groups in total. The van der Waals surface area contributed by atoms with E-state index in [1.807, 2.05) is 43.0 Å². The van der Waals surface area contributed by atoms with Crippen LogP contribution in [0, 0.1) is 19.7 Å². The summed E-state index contributed by atoms with van der Waals surface area (Å²) in [6.45, 7) is 8.82. The van der Waals surface area contributed by atoms with Crippen molar-refractivity contribution in [3.05, 3.63) is 88.1 Å². The molecular weight excluding hydrogens is 427 g/mol. The largest absolute Gasteiger partial charge is 0.353 e. The van der Waals surface area contributed by atoms with Crippen molar-refractivity contribution in [2.45, 2.75) is 46.5 Å². The maximum atomic E-state index is 13.4. The molecule has 0 atom stereocenters. The van der Waals surface area contributed by atoms with Gasteiger partial charge in [0.15, 0.2) is 0 Å². The average Bonchev–Trinajstić information content (AvgIpc) is 2.85. The van der Waals surface area contributed by atoms with E-state index in [1.165, 1.54) is 30.5 Å². The molecule has 1 fully saturated rings. The smallest absolute Gasteiger partial charge is 0.253 e. The van der Waals surface area contributed by atoms with Crippen LogP contribution >= 0.6 is 0 Å². The average molecular weight is 461 g/mol. The number of unbranched alkanes of at least 4 members (excludes halogenated alkanes) is 1. The molecule has 0 spiro atoms. The van der Waals surface area contributed by atoms with Gasteiger partial charge in [-0.15, -0.1) is 0 Å². The third kappa shape index (κ3) is 5.61. The van der Waals surface area contributed by atoms with Crippen LogP contribution in [0.4, 0.5) is 10.2 Å². The highest BCUT2D eigenvalue weighted by Crippen LogP contribution is 2.25. The highest BCUT2D eigenvalue weighted by Gasteiger charge is 2.25. The maximum absolute atomic E-state index is 13.4. The molecule has 1 aromatic heterocycles. The minimum atomic E-state index is -0.239. The van der Waals surface area contributed by atoms with Crippen molar-refractivity contribution in [2.24, 2.45) is 0 Å². The van der Waals surface area contributed by atoms with Crippen LogP contribution in [0.25, 0.3) is 0 Å². The van der Waals surface area contributed by atoms with Gasteiger partial charge in [0.2, 0.25) is 0 Å². The molecule has 0 saturated carbocycles. The molecule has 1 amide bonds. The van der Waals surface area contributed by atoms with Crippen LogP contribution in [0.15, 0.2) is 48.5 Å². The third-order valence-corrected chi connectivity index (χ3v) is 6.48. The van der Waals surface area contributed by atoms with E-state index in [0.717, 1.165) is 40.4 Å². The van der Waals surface area contributed by atoms with Gasteiger partial charge in [0.25, 0.3) is 5.91 Å². The Balaban J connectivity index is 1.45. The fourth-order valence-corrected chi connectivity index (χ4v) is 4.49. The summed E-state index contributed by atoms with van der Waals surface area (Å²) in [5.74, 6) is 1.50. The lowest BCUT2D eigenvalue weighted by Gasteiger charge is -2.36. The Bertz CT molecular complexity index is 1120. The highest BCUT2D eigenvalue weighted by molar-refractivity contribution is 5.94. The van der Waals surface area contributed by atoms with Gasteiger partial charge in [-0.25, -0.2) is 14.4 Å². The zero-order valence-corrected chi connectivity index (χ0v) is 20.4. The van der Waals surface area contributed by atoms with Crippen LogP contribution < -0.4 is 4.90 Å². The molecule has 3 aromatic rings. The Morgan fingerprint density at radius 2 is 1.56 bits per heavy atom. The minimum Gasteiger partial charge on any atom is -0.353 e. The Labute approximate surface area is 201 Å². The lowest BCUT2D eigenvalue weighted by atomic mass is 10.0. The molecule has 4 rings (SSSR count). The molecule has 1 aliphatic heterocycles. The number of nitrogens with zero attached hydrogens (tertiary/aromatic N) is 4. The molecule has 1 saturated heterocycles. The summed E-state index contributed by atoms with van der Waals surface area (Å²) in [6.07, 6.45) is 4.04. The first-order chi connectivity index (χ1) is 16.4. The lowest BCUT2D eigenvalue weighted by molar-refractivity contribution is 0.0746. The van der Waals surface area contributed by atoms with Crippen LogP contribution in [0.1, 0.15) is 58.3 Å². The van der Waals surface area contributed by atoms with Gasteiger partial charge in [0.05, 0.1) is 0 Å². The van der Waals surface area contributed by atoms with Gasteiger partial charge in [-0.1, -0.05) is 37.6 Å². The first-order valence-corrected chi connectivity index (χ1v) is 12.2. The number of piperazine rings is 1. The van der Waals surface area contributed by atoms with Crippen LogP contribution in [0.2, 0.25) is 0 Å². The fourth-order valence-electron chi connectivity index (χ4n) is 4.49. The molecule has 0 bridgehead atoms. The quantitative estimate of drug-likeness (QED) is 0.491. The second-order valence-electron chi connectivity index (χ2n) is 9.04. The molecule has 34 heavy (non-hydrogen) atoms. The number of aryl methyl sites for hydroxylation is 3. The number of carbonyl (C=O) groups is 1. The second-order valence-corrected chi connectivity index (χ2v) is 9.04. The van der Waals surface area contributed by atoms with E-state index in [4.69, 9.17) is 4.98 Å². The summed E-state index contributed by atoms with van der Waals surface area (Å²) >= 11 is 0. The Morgan fingerprint density at radius 1 is 0.912 bits per heavy atom. The summed E-state index contributed by atoms with van der Waals surface area (Å²) in [6, 6.07) is 14.7. The van der Waals surface area contributed by atoms with Crippen molar-refractivity contribution in [3.63, 3.8) is 0 Å². The second kappa shape index (κ2) is 10.8. The monoisotopic (exact) mass is 460 g/mol. The summed E-state index contributed by atoms with van der Waals surface area (Å²) in [4.78, 5) is 26.6. The first kappa shape index (κ1) is 23.9. The number of anilines is 1. The molecular formula is C28H33FN4O. The van der Waals surface area contributed by atoms with E-state index in [0.29, 0.717) is 32.6 Å². The Kier molecular flexibility index (Phi) is 7.56. The third-order valence-electron chi connectivity index (χ3n) is 6.48. The molecule has 0 unspecified atom stereocenters. The van der Waals surface area contributed by atoms with Crippen molar-refractivity contribution >= 4 is 11.7 Å². The SMILES string of the molecule is CCCCc1ccc(C(=O)N2CCN(c3nc(C)nc(C)c3Cc3ccc(F)cc3)CC2)cc1. The number of hydrogen-bond acceptors (Lipinski definition) is 4. The van der Waals surface area contributed by atoms with Gasteiger partial charge < -0.3 is 9.80 Å². The molecule has 5 nitrogen and oxygen atoms in total. The fraction of sp³-hybridized carbons (Fsp3) is 0.393. The molecule has 0 radical (unpaired) electrons. The number of halogens is 1. The van der Waals surface area contributed by atoms with Gasteiger partial charge in [0, 0.05) is 49.4 Å². The molecule has 2 aromatic carbocycles. The Hall–Kier alpha value is -3.28. The van der Waals surface area contributed by atoms with Gasteiger partial charge >= 0.3 is 0 Å². The van der Waals surface area contributed by atoms with Crippen molar-refractivity contribution in [3.8, 4) is 0 Å². The van der Waals surface area contributed by atoms with E-state index in [9.17, 15) is 9.18 Å². The van der Waals surface area contributed by atoms with E-state index in [-0.39, 0.29) is 11.7 Å². The first-order valence-electron chi connectivity index (χ1n) is 12.2. The number of hydrogen-bond donors (Lipinski definition) is 0. The molecule has 178 valence electrons. The normalized spacial score (nSPS) is 13.9. The van der Waals surface area contributed by atoms with Gasteiger partial charge in [-0.2, -0.15) is 0 Å². The number of amides is 1. The maximum Gasteiger partial charge on any atom is 0.253 e. The topological polar surface area (TPSA) is 49.3 Å². The summed E-state index contributed by atoms with van der Waals surface area (Å²) in [5, 5.41) is 0. The lowest BCUT2D eigenvalue weighted by Crippen LogP contribution is -2.49. The summed E-state index contributed by atoms with van der Waals surface area (Å²) in [5.41, 5.74) is 5.05. The molecule has 2 heterocycles. The van der Waals surface area contributed by atoms with Crippen LogP contribution in [-0.4, -0.2) is 47.0 Å². The predicted molar refractivity (Wildman–Crippen MR) is 134 cm³/mol. The van der Waals surface area contributed by atoms with E-state index in [2.05, 4.69) is 28.9 Å². The predicted octanol–water partition coefficient (Wildman–Crippen LogP) is 5.13. The highest BCUT2D eigenvalue weighted by atomic mass is 19.1. The standard InChI is InChI=1S/C28H33FN4O/c1-4-5-6-22-7-11-24(12-8-22)28(34)33-17-15-32(16-18-33)27-26(20(2)30-21(3)31-27)19-23-9-13-25(29)14-10-23/h7-14H,4-6,15-19H2,1-3H3.